The van der Waals surface area contributed by atoms with Gasteiger partial charge in [0.15, 0.2) is 6.29 Å². The van der Waals surface area contributed by atoms with E-state index in [1.807, 2.05) is 6.08 Å². The van der Waals surface area contributed by atoms with Gasteiger partial charge in [0.2, 0.25) is 5.91 Å². The number of benzene rings is 1. The number of carbonyl (C=O) groups excluding carboxylic acids is 1. The Hall–Kier alpha value is -1.92. The molecule has 1 aromatic carbocycles. The SMILES string of the molecule is CC(O)OCCC(=O)N1CC=C(c2ccc(N)cc2F)CC1. The highest BCUT2D eigenvalue weighted by molar-refractivity contribution is 5.78. The van der Waals surface area contributed by atoms with Crippen LogP contribution in [0.5, 0.6) is 0 Å². The first-order chi connectivity index (χ1) is 10.5. The van der Waals surface area contributed by atoms with Gasteiger partial charge in [-0.05, 0) is 37.1 Å². The summed E-state index contributed by atoms with van der Waals surface area (Å²) < 4.78 is 18.8. The molecule has 1 atom stereocenters. The Kier molecular flexibility index (Phi) is 5.51. The molecule has 0 aromatic heterocycles. The van der Waals surface area contributed by atoms with E-state index in [4.69, 9.17) is 15.6 Å². The molecule has 1 heterocycles. The van der Waals surface area contributed by atoms with Crippen LogP contribution in [0, 0.1) is 5.82 Å². The Morgan fingerprint density at radius 3 is 2.91 bits per heavy atom. The van der Waals surface area contributed by atoms with Crippen LogP contribution in [0.25, 0.3) is 5.57 Å². The summed E-state index contributed by atoms with van der Waals surface area (Å²) in [6, 6.07) is 4.65. The molecule has 1 aliphatic rings. The van der Waals surface area contributed by atoms with E-state index in [0.717, 1.165) is 5.57 Å². The summed E-state index contributed by atoms with van der Waals surface area (Å²) in [5.74, 6) is -0.370. The number of nitrogens with zero attached hydrogens (tertiary/aromatic N) is 1. The van der Waals surface area contributed by atoms with Crippen LogP contribution in [-0.2, 0) is 9.53 Å². The number of nitrogen functional groups attached to an aromatic ring is 1. The number of carbonyl (C=O) groups is 1. The van der Waals surface area contributed by atoms with Gasteiger partial charge in [0, 0.05) is 24.3 Å². The number of halogens is 1. The zero-order chi connectivity index (χ0) is 16.1. The van der Waals surface area contributed by atoms with Crippen LogP contribution in [0.1, 0.15) is 25.3 Å². The van der Waals surface area contributed by atoms with Crippen LogP contribution in [0.15, 0.2) is 24.3 Å². The molecule has 3 N–H and O–H groups in total. The standard InChI is InChI=1S/C16H21FN2O3/c1-11(20)22-9-6-16(21)19-7-4-12(5-8-19)14-3-2-13(18)10-15(14)17/h2-4,10-11,20H,5-9,18H2,1H3. The van der Waals surface area contributed by atoms with Crippen molar-refractivity contribution in [1.82, 2.24) is 4.90 Å². The number of nitrogens with two attached hydrogens (primary N) is 1. The van der Waals surface area contributed by atoms with Gasteiger partial charge in [-0.2, -0.15) is 0 Å². The molecule has 2 rings (SSSR count). The lowest BCUT2D eigenvalue weighted by atomic mass is 9.98. The lowest BCUT2D eigenvalue weighted by Gasteiger charge is -2.27. The number of aliphatic hydroxyl groups is 1. The summed E-state index contributed by atoms with van der Waals surface area (Å²) in [4.78, 5) is 13.7. The summed E-state index contributed by atoms with van der Waals surface area (Å²) >= 11 is 0. The second-order valence-corrected chi connectivity index (χ2v) is 5.28. The minimum atomic E-state index is -0.867. The fourth-order valence-corrected chi connectivity index (χ4v) is 2.41. The van der Waals surface area contributed by atoms with Crippen molar-refractivity contribution in [2.45, 2.75) is 26.1 Å². The Bertz CT molecular complexity index is 573. The third-order valence-corrected chi connectivity index (χ3v) is 3.58. The highest BCUT2D eigenvalue weighted by atomic mass is 19.1. The summed E-state index contributed by atoms with van der Waals surface area (Å²) in [6.07, 6.45) is 1.83. The van der Waals surface area contributed by atoms with Crippen molar-refractivity contribution in [1.29, 1.82) is 0 Å². The topological polar surface area (TPSA) is 75.8 Å². The zero-order valence-corrected chi connectivity index (χ0v) is 12.6. The van der Waals surface area contributed by atoms with Gasteiger partial charge in [-0.3, -0.25) is 4.79 Å². The molecule has 1 aromatic rings. The number of aliphatic hydroxyl groups excluding tert-OH is 1. The normalized spacial score (nSPS) is 16.3. The number of hydrogen-bond acceptors (Lipinski definition) is 4. The smallest absolute Gasteiger partial charge is 0.225 e. The molecule has 1 unspecified atom stereocenters. The van der Waals surface area contributed by atoms with E-state index in [1.54, 1.807) is 17.0 Å². The molecule has 0 saturated carbocycles. The maximum atomic E-state index is 13.9. The minimum absolute atomic E-state index is 0.0336. The van der Waals surface area contributed by atoms with Gasteiger partial charge in [-0.1, -0.05) is 6.08 Å². The lowest BCUT2D eigenvalue weighted by Crippen LogP contribution is -2.35. The van der Waals surface area contributed by atoms with Crippen molar-refractivity contribution in [2.75, 3.05) is 25.4 Å². The molecule has 1 aliphatic heterocycles. The van der Waals surface area contributed by atoms with E-state index in [2.05, 4.69) is 0 Å². The maximum Gasteiger partial charge on any atom is 0.225 e. The third kappa shape index (κ3) is 4.29. The van der Waals surface area contributed by atoms with Gasteiger partial charge in [0.1, 0.15) is 5.82 Å². The molecule has 0 aliphatic carbocycles. The highest BCUT2D eigenvalue weighted by Gasteiger charge is 2.19. The monoisotopic (exact) mass is 308 g/mol. The first-order valence-corrected chi connectivity index (χ1v) is 7.29. The van der Waals surface area contributed by atoms with Crippen LogP contribution in [-0.4, -0.2) is 41.9 Å². The molecular formula is C16H21FN2O3. The summed E-state index contributed by atoms with van der Waals surface area (Å²) in [5, 5.41) is 8.98. The molecule has 0 spiro atoms. The molecule has 1 amide bonds. The average Bonchev–Trinajstić information content (AvgIpc) is 2.47. The Balaban J connectivity index is 1.93. The van der Waals surface area contributed by atoms with E-state index in [-0.39, 0.29) is 24.8 Å². The van der Waals surface area contributed by atoms with Gasteiger partial charge in [-0.15, -0.1) is 0 Å². The lowest BCUT2D eigenvalue weighted by molar-refractivity contribution is -0.135. The van der Waals surface area contributed by atoms with E-state index in [9.17, 15) is 9.18 Å². The summed E-state index contributed by atoms with van der Waals surface area (Å²) in [7, 11) is 0. The predicted octanol–water partition coefficient (Wildman–Crippen LogP) is 1.77. The zero-order valence-electron chi connectivity index (χ0n) is 12.6. The van der Waals surface area contributed by atoms with E-state index >= 15 is 0 Å². The molecule has 5 nitrogen and oxygen atoms in total. The van der Waals surface area contributed by atoms with Gasteiger partial charge in [0.25, 0.3) is 0 Å². The maximum absolute atomic E-state index is 13.9. The molecule has 0 fully saturated rings. The Morgan fingerprint density at radius 2 is 2.32 bits per heavy atom. The fourth-order valence-electron chi connectivity index (χ4n) is 2.41. The largest absolute Gasteiger partial charge is 0.399 e. The van der Waals surface area contributed by atoms with Crippen molar-refractivity contribution in [3.05, 3.63) is 35.7 Å². The minimum Gasteiger partial charge on any atom is -0.399 e. The Morgan fingerprint density at radius 1 is 1.55 bits per heavy atom. The highest BCUT2D eigenvalue weighted by Crippen LogP contribution is 2.26. The fraction of sp³-hybridized carbons (Fsp3) is 0.438. The Labute approximate surface area is 129 Å². The molecular weight excluding hydrogens is 287 g/mol. The number of rotatable bonds is 5. The van der Waals surface area contributed by atoms with E-state index < -0.39 is 6.29 Å². The van der Waals surface area contributed by atoms with Gasteiger partial charge in [-0.25, -0.2) is 4.39 Å². The molecule has 120 valence electrons. The molecule has 0 bridgehead atoms. The van der Waals surface area contributed by atoms with Crippen molar-refractivity contribution in [3.63, 3.8) is 0 Å². The van der Waals surface area contributed by atoms with Crippen LogP contribution in [0.3, 0.4) is 0 Å². The van der Waals surface area contributed by atoms with Crippen molar-refractivity contribution >= 4 is 17.2 Å². The number of ether oxygens (including phenoxy) is 1. The van der Waals surface area contributed by atoms with Gasteiger partial charge in [0.05, 0.1) is 13.0 Å². The van der Waals surface area contributed by atoms with E-state index in [0.29, 0.717) is 30.8 Å². The molecule has 6 heteroatoms. The van der Waals surface area contributed by atoms with Crippen molar-refractivity contribution in [3.8, 4) is 0 Å². The van der Waals surface area contributed by atoms with Crippen LogP contribution < -0.4 is 5.73 Å². The molecule has 0 saturated heterocycles. The van der Waals surface area contributed by atoms with E-state index in [1.165, 1.54) is 13.0 Å². The number of anilines is 1. The summed E-state index contributed by atoms with van der Waals surface area (Å²) in [6.45, 7) is 2.69. The van der Waals surface area contributed by atoms with Crippen molar-refractivity contribution in [2.24, 2.45) is 0 Å². The van der Waals surface area contributed by atoms with Crippen molar-refractivity contribution < 1.29 is 19.0 Å². The third-order valence-electron chi connectivity index (χ3n) is 3.58. The molecule has 0 radical (unpaired) electrons. The summed E-state index contributed by atoms with van der Waals surface area (Å²) in [5.41, 5.74) is 7.37. The van der Waals surface area contributed by atoms with Gasteiger partial charge >= 0.3 is 0 Å². The second kappa shape index (κ2) is 7.38. The second-order valence-electron chi connectivity index (χ2n) is 5.28. The average molecular weight is 308 g/mol. The first-order valence-electron chi connectivity index (χ1n) is 7.29. The van der Waals surface area contributed by atoms with Crippen LogP contribution >= 0.6 is 0 Å². The van der Waals surface area contributed by atoms with Crippen LogP contribution in [0.2, 0.25) is 0 Å². The van der Waals surface area contributed by atoms with Crippen LogP contribution in [0.4, 0.5) is 10.1 Å². The number of hydrogen-bond donors (Lipinski definition) is 2. The van der Waals surface area contributed by atoms with Gasteiger partial charge < -0.3 is 20.5 Å². The molecule has 22 heavy (non-hydrogen) atoms. The first kappa shape index (κ1) is 16.5. The predicted molar refractivity (Wildman–Crippen MR) is 82.2 cm³/mol. The number of amides is 1. The quantitative estimate of drug-likeness (QED) is 0.642.